The van der Waals surface area contributed by atoms with Crippen molar-refractivity contribution < 1.29 is 4.92 Å². The molecule has 2 rings (SSSR count). The summed E-state index contributed by atoms with van der Waals surface area (Å²) in [5.74, 6) is 0.811. The van der Waals surface area contributed by atoms with Crippen LogP contribution in [0.3, 0.4) is 0 Å². The van der Waals surface area contributed by atoms with Crippen molar-refractivity contribution >= 4 is 11.5 Å². The molecule has 7 nitrogen and oxygen atoms in total. The maximum absolute atomic E-state index is 11.0. The summed E-state index contributed by atoms with van der Waals surface area (Å²) in [6.07, 6.45) is 1.02. The topological polar surface area (TPSA) is 85.9 Å². The van der Waals surface area contributed by atoms with Crippen LogP contribution in [0.2, 0.25) is 0 Å². The normalized spacial score (nSPS) is 10.6. The number of aryl methyl sites for hydroxylation is 1. The zero-order valence-electron chi connectivity index (χ0n) is 12.5. The van der Waals surface area contributed by atoms with E-state index in [0.717, 1.165) is 24.5 Å². The number of aromatic nitrogens is 3. The Bertz CT molecular complexity index is 651. The first-order valence-corrected chi connectivity index (χ1v) is 6.91. The molecule has 2 heterocycles. The van der Waals surface area contributed by atoms with E-state index in [1.54, 1.807) is 18.5 Å². The number of nitrogens with one attached hydrogen (secondary N) is 1. The van der Waals surface area contributed by atoms with Crippen molar-refractivity contribution in [3.63, 3.8) is 0 Å². The van der Waals surface area contributed by atoms with Gasteiger partial charge in [-0.05, 0) is 32.4 Å². The van der Waals surface area contributed by atoms with Crippen molar-refractivity contribution in [2.45, 2.75) is 33.7 Å². The SMILES string of the molecule is CCCNc1cccc(Cn2nc(C)c([N+](=O)[O-])c2C)n1. The van der Waals surface area contributed by atoms with E-state index in [4.69, 9.17) is 0 Å². The summed E-state index contributed by atoms with van der Waals surface area (Å²) in [4.78, 5) is 15.1. The molecule has 7 heteroatoms. The molecule has 0 aromatic carbocycles. The Hall–Kier alpha value is -2.44. The molecule has 0 unspecified atom stereocenters. The molecule has 2 aromatic rings. The van der Waals surface area contributed by atoms with Crippen LogP contribution in [-0.2, 0) is 6.54 Å². The Morgan fingerprint density at radius 2 is 2.14 bits per heavy atom. The minimum Gasteiger partial charge on any atom is -0.370 e. The molecule has 0 spiro atoms. The molecule has 0 amide bonds. The molecule has 0 aliphatic rings. The lowest BCUT2D eigenvalue weighted by atomic mass is 10.3. The number of nitro groups is 1. The quantitative estimate of drug-likeness (QED) is 0.652. The Morgan fingerprint density at radius 3 is 2.76 bits per heavy atom. The summed E-state index contributed by atoms with van der Waals surface area (Å²) in [7, 11) is 0. The average molecular weight is 289 g/mol. The fraction of sp³-hybridized carbons (Fsp3) is 0.429. The minimum absolute atomic E-state index is 0.0789. The first-order chi connectivity index (χ1) is 10.0. The van der Waals surface area contributed by atoms with Gasteiger partial charge in [0.2, 0.25) is 0 Å². The highest BCUT2D eigenvalue weighted by atomic mass is 16.6. The standard InChI is InChI=1S/C14H19N5O2/c1-4-8-15-13-7-5-6-12(16-13)9-18-11(3)14(19(20)21)10(2)17-18/h5-7H,4,8-9H2,1-3H3,(H,15,16). The van der Waals surface area contributed by atoms with Gasteiger partial charge in [0, 0.05) is 6.54 Å². The average Bonchev–Trinajstić information content (AvgIpc) is 2.71. The number of nitrogens with zero attached hydrogens (tertiary/aromatic N) is 4. The fourth-order valence-corrected chi connectivity index (χ4v) is 2.18. The van der Waals surface area contributed by atoms with Crippen LogP contribution in [0.5, 0.6) is 0 Å². The van der Waals surface area contributed by atoms with Gasteiger partial charge in [0.25, 0.3) is 0 Å². The summed E-state index contributed by atoms with van der Waals surface area (Å²) in [6.45, 7) is 6.72. The smallest absolute Gasteiger partial charge is 0.312 e. The van der Waals surface area contributed by atoms with Crippen LogP contribution in [0.1, 0.15) is 30.4 Å². The minimum atomic E-state index is -0.388. The Kier molecular flexibility index (Phi) is 4.52. The molecule has 1 N–H and O–H groups in total. The lowest BCUT2D eigenvalue weighted by Crippen LogP contribution is -2.08. The Balaban J connectivity index is 2.22. The number of hydrogen-bond acceptors (Lipinski definition) is 5. The van der Waals surface area contributed by atoms with Gasteiger partial charge in [-0.15, -0.1) is 0 Å². The van der Waals surface area contributed by atoms with Crippen molar-refractivity contribution in [2.24, 2.45) is 0 Å². The van der Waals surface area contributed by atoms with E-state index in [1.165, 1.54) is 0 Å². The summed E-state index contributed by atoms with van der Waals surface area (Å²) in [5.41, 5.74) is 1.87. The van der Waals surface area contributed by atoms with Gasteiger partial charge in [-0.2, -0.15) is 5.10 Å². The highest BCUT2D eigenvalue weighted by Crippen LogP contribution is 2.22. The Morgan fingerprint density at radius 1 is 1.38 bits per heavy atom. The van der Waals surface area contributed by atoms with Crippen molar-refractivity contribution in [1.82, 2.24) is 14.8 Å². The van der Waals surface area contributed by atoms with Gasteiger partial charge < -0.3 is 5.32 Å². The molecule has 0 saturated carbocycles. The molecule has 0 aliphatic heterocycles. The molecule has 112 valence electrons. The largest absolute Gasteiger partial charge is 0.370 e. The van der Waals surface area contributed by atoms with E-state index < -0.39 is 0 Å². The lowest BCUT2D eigenvalue weighted by molar-refractivity contribution is -0.386. The highest BCUT2D eigenvalue weighted by Gasteiger charge is 2.21. The van der Waals surface area contributed by atoms with Gasteiger partial charge >= 0.3 is 5.69 Å². The van der Waals surface area contributed by atoms with Crippen LogP contribution in [0.15, 0.2) is 18.2 Å². The van der Waals surface area contributed by atoms with Gasteiger partial charge in [-0.1, -0.05) is 13.0 Å². The third kappa shape index (κ3) is 3.36. The molecule has 0 atom stereocenters. The van der Waals surface area contributed by atoms with Gasteiger partial charge in [-0.25, -0.2) is 4.98 Å². The van der Waals surface area contributed by atoms with E-state index in [0.29, 0.717) is 17.9 Å². The third-order valence-corrected chi connectivity index (χ3v) is 3.20. The number of hydrogen-bond donors (Lipinski definition) is 1. The second-order valence-corrected chi connectivity index (χ2v) is 4.88. The predicted octanol–water partition coefficient (Wildman–Crippen LogP) is 2.67. The van der Waals surface area contributed by atoms with Crippen LogP contribution in [-0.4, -0.2) is 26.2 Å². The second kappa shape index (κ2) is 6.34. The van der Waals surface area contributed by atoms with Gasteiger partial charge in [-0.3, -0.25) is 14.8 Å². The summed E-state index contributed by atoms with van der Waals surface area (Å²) in [6, 6.07) is 5.71. The number of anilines is 1. The molecule has 0 radical (unpaired) electrons. The second-order valence-electron chi connectivity index (χ2n) is 4.88. The number of pyridine rings is 1. The van der Waals surface area contributed by atoms with Crippen LogP contribution >= 0.6 is 0 Å². The van der Waals surface area contributed by atoms with E-state index in [2.05, 4.69) is 22.3 Å². The molecular formula is C14H19N5O2. The van der Waals surface area contributed by atoms with Gasteiger partial charge in [0.1, 0.15) is 17.2 Å². The predicted molar refractivity (Wildman–Crippen MR) is 80.5 cm³/mol. The maximum atomic E-state index is 11.0. The number of rotatable bonds is 6. The molecule has 0 aliphatic carbocycles. The zero-order chi connectivity index (χ0) is 15.4. The maximum Gasteiger partial charge on any atom is 0.312 e. The van der Waals surface area contributed by atoms with Gasteiger partial charge in [0.05, 0.1) is 17.2 Å². The molecule has 0 bridgehead atoms. The van der Waals surface area contributed by atoms with Crippen LogP contribution in [0.4, 0.5) is 11.5 Å². The lowest BCUT2D eigenvalue weighted by Gasteiger charge is -2.07. The first kappa shape index (κ1) is 15.0. The van der Waals surface area contributed by atoms with E-state index in [1.807, 2.05) is 18.2 Å². The van der Waals surface area contributed by atoms with Crippen LogP contribution < -0.4 is 5.32 Å². The van der Waals surface area contributed by atoms with E-state index in [-0.39, 0.29) is 10.6 Å². The van der Waals surface area contributed by atoms with E-state index in [9.17, 15) is 10.1 Å². The van der Waals surface area contributed by atoms with Crippen molar-refractivity contribution in [2.75, 3.05) is 11.9 Å². The van der Waals surface area contributed by atoms with Gasteiger partial charge in [0.15, 0.2) is 0 Å². The monoisotopic (exact) mass is 289 g/mol. The fourth-order valence-electron chi connectivity index (χ4n) is 2.18. The van der Waals surface area contributed by atoms with Crippen molar-refractivity contribution in [3.05, 3.63) is 45.4 Å². The Labute approximate surface area is 123 Å². The zero-order valence-corrected chi connectivity index (χ0v) is 12.5. The third-order valence-electron chi connectivity index (χ3n) is 3.20. The van der Waals surface area contributed by atoms with E-state index >= 15 is 0 Å². The molecule has 0 fully saturated rings. The summed E-state index contributed by atoms with van der Waals surface area (Å²) < 4.78 is 1.62. The molecule has 2 aromatic heterocycles. The van der Waals surface area contributed by atoms with Crippen molar-refractivity contribution in [1.29, 1.82) is 0 Å². The highest BCUT2D eigenvalue weighted by molar-refractivity contribution is 5.40. The molecular weight excluding hydrogens is 270 g/mol. The molecule has 21 heavy (non-hydrogen) atoms. The van der Waals surface area contributed by atoms with Crippen molar-refractivity contribution in [3.8, 4) is 0 Å². The molecule has 0 saturated heterocycles. The summed E-state index contributed by atoms with van der Waals surface area (Å²) >= 11 is 0. The van der Waals surface area contributed by atoms with Crippen LogP contribution in [0.25, 0.3) is 0 Å². The van der Waals surface area contributed by atoms with Crippen LogP contribution in [0, 0.1) is 24.0 Å². The summed E-state index contributed by atoms with van der Waals surface area (Å²) in [5, 5.41) is 18.5. The first-order valence-electron chi connectivity index (χ1n) is 6.91.